The molecule has 1 saturated carbocycles. The van der Waals surface area contributed by atoms with Crippen molar-refractivity contribution in [3.8, 4) is 0 Å². The molecule has 1 aliphatic heterocycles. The van der Waals surface area contributed by atoms with Crippen LogP contribution in [-0.2, 0) is 0 Å². The molecule has 12 heavy (non-hydrogen) atoms. The molecule has 1 atom stereocenters. The number of rotatable bonds is 1. The molecule has 70 valence electrons. The zero-order valence-electron chi connectivity index (χ0n) is 8.23. The zero-order chi connectivity index (χ0) is 8.44. The zero-order valence-corrected chi connectivity index (χ0v) is 8.23. The van der Waals surface area contributed by atoms with Gasteiger partial charge in [-0.15, -0.1) is 0 Å². The van der Waals surface area contributed by atoms with Gasteiger partial charge in [-0.2, -0.15) is 0 Å². The predicted molar refractivity (Wildman–Crippen MR) is 52.2 cm³/mol. The van der Waals surface area contributed by atoms with Gasteiger partial charge in [0.25, 0.3) is 0 Å². The smallest absolute Gasteiger partial charge is 0.000829 e. The molecule has 2 rings (SSSR count). The van der Waals surface area contributed by atoms with Crippen LogP contribution in [-0.4, -0.2) is 13.1 Å². The van der Waals surface area contributed by atoms with Crippen molar-refractivity contribution in [3.63, 3.8) is 0 Å². The van der Waals surface area contributed by atoms with Gasteiger partial charge in [0.1, 0.15) is 0 Å². The Kier molecular flexibility index (Phi) is 2.40. The molecule has 0 spiro atoms. The minimum Gasteiger partial charge on any atom is -0.316 e. The van der Waals surface area contributed by atoms with Crippen LogP contribution in [0.3, 0.4) is 0 Å². The van der Waals surface area contributed by atoms with Crippen LogP contribution in [0, 0.1) is 11.3 Å². The van der Waals surface area contributed by atoms with Gasteiger partial charge in [0, 0.05) is 6.54 Å². The highest BCUT2D eigenvalue weighted by molar-refractivity contribution is 4.90. The van der Waals surface area contributed by atoms with Gasteiger partial charge in [-0.3, -0.25) is 0 Å². The monoisotopic (exact) mass is 167 g/mol. The minimum atomic E-state index is 0.653. The summed E-state index contributed by atoms with van der Waals surface area (Å²) in [6.45, 7) is 5.02. The van der Waals surface area contributed by atoms with E-state index in [1.54, 1.807) is 0 Å². The first-order chi connectivity index (χ1) is 5.81. The van der Waals surface area contributed by atoms with Crippen LogP contribution in [0.2, 0.25) is 0 Å². The van der Waals surface area contributed by atoms with Crippen molar-refractivity contribution in [3.05, 3.63) is 0 Å². The molecule has 1 unspecified atom stereocenters. The van der Waals surface area contributed by atoms with E-state index in [1.807, 2.05) is 0 Å². The SMILES string of the molecule is CC1(C2CCCCC2)CCNC1. The molecule has 0 radical (unpaired) electrons. The van der Waals surface area contributed by atoms with Crippen molar-refractivity contribution >= 4 is 0 Å². The first-order valence-corrected chi connectivity index (χ1v) is 5.52. The van der Waals surface area contributed by atoms with Crippen LogP contribution >= 0.6 is 0 Å². The van der Waals surface area contributed by atoms with E-state index in [-0.39, 0.29) is 0 Å². The predicted octanol–water partition coefficient (Wildman–Crippen LogP) is 2.57. The first kappa shape index (κ1) is 8.55. The van der Waals surface area contributed by atoms with Crippen molar-refractivity contribution < 1.29 is 0 Å². The Morgan fingerprint density at radius 1 is 1.17 bits per heavy atom. The summed E-state index contributed by atoms with van der Waals surface area (Å²) in [5.41, 5.74) is 0.653. The van der Waals surface area contributed by atoms with Gasteiger partial charge in [0.2, 0.25) is 0 Å². The van der Waals surface area contributed by atoms with E-state index >= 15 is 0 Å². The van der Waals surface area contributed by atoms with Crippen LogP contribution in [0.25, 0.3) is 0 Å². The fourth-order valence-corrected chi connectivity index (χ4v) is 2.98. The van der Waals surface area contributed by atoms with Gasteiger partial charge in [0.05, 0.1) is 0 Å². The van der Waals surface area contributed by atoms with Gasteiger partial charge < -0.3 is 5.32 Å². The summed E-state index contributed by atoms with van der Waals surface area (Å²) >= 11 is 0. The molecule has 0 aromatic rings. The third kappa shape index (κ3) is 1.52. The summed E-state index contributed by atoms with van der Waals surface area (Å²) in [5.74, 6) is 1.03. The van der Waals surface area contributed by atoms with E-state index in [0.717, 1.165) is 5.92 Å². The molecule has 1 saturated heterocycles. The van der Waals surface area contributed by atoms with Gasteiger partial charge in [-0.05, 0) is 37.1 Å². The summed E-state index contributed by atoms with van der Waals surface area (Å²) in [6.07, 6.45) is 8.87. The normalized spacial score (nSPS) is 38.8. The summed E-state index contributed by atoms with van der Waals surface area (Å²) in [7, 11) is 0. The maximum absolute atomic E-state index is 3.51. The Morgan fingerprint density at radius 2 is 1.92 bits per heavy atom. The molecule has 0 aromatic heterocycles. The maximum Gasteiger partial charge on any atom is 0.000829 e. The third-order valence-corrected chi connectivity index (χ3v) is 3.99. The van der Waals surface area contributed by atoms with Gasteiger partial charge in [0.15, 0.2) is 0 Å². The quantitative estimate of drug-likeness (QED) is 0.633. The Morgan fingerprint density at radius 3 is 2.50 bits per heavy atom. The van der Waals surface area contributed by atoms with Crippen molar-refractivity contribution in [1.29, 1.82) is 0 Å². The molecule has 1 N–H and O–H groups in total. The van der Waals surface area contributed by atoms with Crippen molar-refractivity contribution in [2.45, 2.75) is 45.4 Å². The second kappa shape index (κ2) is 3.37. The topological polar surface area (TPSA) is 12.0 Å². The second-order valence-electron chi connectivity index (χ2n) is 4.92. The molecule has 0 bridgehead atoms. The molecule has 1 heteroatoms. The lowest BCUT2D eigenvalue weighted by molar-refractivity contribution is 0.159. The van der Waals surface area contributed by atoms with Crippen molar-refractivity contribution in [2.75, 3.05) is 13.1 Å². The highest BCUT2D eigenvalue weighted by Gasteiger charge is 2.36. The maximum atomic E-state index is 3.51. The van der Waals surface area contributed by atoms with Gasteiger partial charge in [-0.25, -0.2) is 0 Å². The lowest BCUT2D eigenvalue weighted by Crippen LogP contribution is -2.31. The Bertz CT molecular complexity index is 141. The van der Waals surface area contributed by atoms with Crippen LogP contribution in [0.15, 0.2) is 0 Å². The lowest BCUT2D eigenvalue weighted by Gasteiger charge is -2.36. The fraction of sp³-hybridized carbons (Fsp3) is 1.00. The standard InChI is InChI=1S/C11H21N/c1-11(7-8-12-9-11)10-5-3-2-4-6-10/h10,12H,2-9H2,1H3. The van der Waals surface area contributed by atoms with E-state index in [0.29, 0.717) is 5.41 Å². The summed E-state index contributed by atoms with van der Waals surface area (Å²) in [6, 6.07) is 0. The van der Waals surface area contributed by atoms with Crippen molar-refractivity contribution in [2.24, 2.45) is 11.3 Å². The number of hydrogen-bond acceptors (Lipinski definition) is 1. The minimum absolute atomic E-state index is 0.653. The third-order valence-electron chi connectivity index (χ3n) is 3.99. The molecule has 0 amide bonds. The number of hydrogen-bond donors (Lipinski definition) is 1. The molecule has 0 aromatic carbocycles. The highest BCUT2D eigenvalue weighted by Crippen LogP contribution is 2.42. The van der Waals surface area contributed by atoms with E-state index < -0.39 is 0 Å². The Hall–Kier alpha value is -0.0400. The molecule has 2 fully saturated rings. The molecular weight excluding hydrogens is 146 g/mol. The summed E-state index contributed by atoms with van der Waals surface area (Å²) < 4.78 is 0. The van der Waals surface area contributed by atoms with Crippen LogP contribution in [0.4, 0.5) is 0 Å². The second-order valence-corrected chi connectivity index (χ2v) is 4.92. The van der Waals surface area contributed by atoms with E-state index in [2.05, 4.69) is 12.2 Å². The summed E-state index contributed by atoms with van der Waals surface area (Å²) in [4.78, 5) is 0. The highest BCUT2D eigenvalue weighted by atomic mass is 14.9. The first-order valence-electron chi connectivity index (χ1n) is 5.52. The fourth-order valence-electron chi connectivity index (χ4n) is 2.98. The van der Waals surface area contributed by atoms with Gasteiger partial charge in [-0.1, -0.05) is 26.2 Å². The number of nitrogens with one attached hydrogen (secondary N) is 1. The Balaban J connectivity index is 1.96. The molecule has 1 heterocycles. The van der Waals surface area contributed by atoms with Crippen LogP contribution in [0.5, 0.6) is 0 Å². The van der Waals surface area contributed by atoms with E-state index in [4.69, 9.17) is 0 Å². The van der Waals surface area contributed by atoms with Gasteiger partial charge >= 0.3 is 0 Å². The van der Waals surface area contributed by atoms with Crippen molar-refractivity contribution in [1.82, 2.24) is 5.32 Å². The lowest BCUT2D eigenvalue weighted by atomic mass is 9.69. The van der Waals surface area contributed by atoms with Crippen LogP contribution < -0.4 is 5.32 Å². The molecule has 1 nitrogen and oxygen atoms in total. The molecule has 1 aliphatic carbocycles. The largest absolute Gasteiger partial charge is 0.316 e. The van der Waals surface area contributed by atoms with E-state index in [9.17, 15) is 0 Å². The Labute approximate surface area is 75.9 Å². The average molecular weight is 167 g/mol. The molecule has 2 aliphatic rings. The summed E-state index contributed by atoms with van der Waals surface area (Å²) in [5, 5.41) is 3.51. The molecular formula is C11H21N. The van der Waals surface area contributed by atoms with Crippen LogP contribution in [0.1, 0.15) is 45.4 Å². The average Bonchev–Trinajstić information content (AvgIpc) is 2.55. The van der Waals surface area contributed by atoms with E-state index in [1.165, 1.54) is 51.6 Å².